The van der Waals surface area contributed by atoms with Gasteiger partial charge in [0.1, 0.15) is 11.2 Å². The van der Waals surface area contributed by atoms with Crippen molar-refractivity contribution < 1.29 is 19.1 Å². The molecule has 0 N–H and O–H groups in total. The van der Waals surface area contributed by atoms with Crippen molar-refractivity contribution >= 4 is 11.9 Å². The van der Waals surface area contributed by atoms with Crippen molar-refractivity contribution in [3.63, 3.8) is 0 Å². The molecule has 0 fully saturated rings. The number of methoxy groups -OCH3 is 1. The zero-order valence-electron chi connectivity index (χ0n) is 13.4. The Hall–Kier alpha value is -2.88. The first kappa shape index (κ1) is 16.0. The maximum atomic E-state index is 12.7. The van der Waals surface area contributed by atoms with Gasteiger partial charge in [0.2, 0.25) is 0 Å². The van der Waals surface area contributed by atoms with E-state index < -0.39 is 11.4 Å². The number of allylic oxidation sites excluding steroid dienone is 1. The van der Waals surface area contributed by atoms with Gasteiger partial charge in [0.25, 0.3) is 0 Å². The first-order valence-electron chi connectivity index (χ1n) is 7.76. The molecule has 2 aromatic carbocycles. The molecule has 0 radical (unpaired) electrons. The molecule has 0 spiro atoms. The normalized spacial score (nSPS) is 19.1. The van der Waals surface area contributed by atoms with E-state index in [4.69, 9.17) is 4.74 Å². The van der Waals surface area contributed by atoms with E-state index in [0.717, 1.165) is 11.1 Å². The van der Waals surface area contributed by atoms with Crippen molar-refractivity contribution in [2.45, 2.75) is 18.3 Å². The summed E-state index contributed by atoms with van der Waals surface area (Å²) in [6, 6.07) is 17.2. The lowest BCUT2D eigenvalue weighted by molar-refractivity contribution is -0.138. The van der Waals surface area contributed by atoms with Crippen LogP contribution in [0.1, 0.15) is 17.5 Å². The van der Waals surface area contributed by atoms with Crippen molar-refractivity contribution in [1.29, 1.82) is 0 Å². The quantitative estimate of drug-likeness (QED) is 0.482. The summed E-state index contributed by atoms with van der Waals surface area (Å²) in [6.07, 6.45) is 3.90. The Bertz CT molecular complexity index is 779. The number of hydrogen-bond donors (Lipinski definition) is 0. The van der Waals surface area contributed by atoms with Crippen LogP contribution < -0.4 is 4.74 Å². The van der Waals surface area contributed by atoms with E-state index in [2.05, 4.69) is 4.74 Å². The van der Waals surface area contributed by atoms with Crippen LogP contribution in [0.5, 0.6) is 5.75 Å². The van der Waals surface area contributed by atoms with Gasteiger partial charge in [-0.15, -0.1) is 0 Å². The van der Waals surface area contributed by atoms with Gasteiger partial charge in [-0.05, 0) is 24.5 Å². The predicted octanol–water partition coefficient (Wildman–Crippen LogP) is 3.21. The Labute approximate surface area is 140 Å². The summed E-state index contributed by atoms with van der Waals surface area (Å²) in [5.41, 5.74) is 1.06. The molecule has 0 amide bonds. The summed E-state index contributed by atoms with van der Waals surface area (Å²) < 4.78 is 10.1. The standard InChI is InChI=1S/C20H18O4/c1-23-18(21)12-7-13-20(14-15-8-3-2-4-9-15)16-10-5-6-11-17(16)24-19(20)22/h2-12H,13-14H2,1H3/b12-7+. The fraction of sp³-hybridized carbons (Fsp3) is 0.200. The topological polar surface area (TPSA) is 52.6 Å². The smallest absolute Gasteiger partial charge is 0.330 e. The molecule has 1 unspecified atom stereocenters. The molecule has 1 atom stereocenters. The van der Waals surface area contributed by atoms with E-state index in [9.17, 15) is 9.59 Å². The van der Waals surface area contributed by atoms with Gasteiger partial charge >= 0.3 is 11.9 Å². The molecule has 4 heteroatoms. The van der Waals surface area contributed by atoms with Crippen LogP contribution in [0, 0.1) is 0 Å². The number of rotatable bonds is 5. The molecule has 3 rings (SSSR count). The molecule has 0 saturated carbocycles. The van der Waals surface area contributed by atoms with Gasteiger partial charge in [-0.25, -0.2) is 4.79 Å². The predicted molar refractivity (Wildman–Crippen MR) is 89.7 cm³/mol. The Morgan fingerprint density at radius 3 is 2.58 bits per heavy atom. The van der Waals surface area contributed by atoms with Gasteiger partial charge in [0.05, 0.1) is 7.11 Å². The third kappa shape index (κ3) is 2.95. The molecule has 2 aromatic rings. The second-order valence-electron chi connectivity index (χ2n) is 5.76. The van der Waals surface area contributed by atoms with E-state index in [0.29, 0.717) is 18.6 Å². The highest BCUT2D eigenvalue weighted by molar-refractivity contribution is 5.91. The lowest BCUT2D eigenvalue weighted by atomic mass is 9.74. The van der Waals surface area contributed by atoms with Crippen LogP contribution in [0.15, 0.2) is 66.7 Å². The highest BCUT2D eigenvalue weighted by atomic mass is 16.5. The lowest BCUT2D eigenvalue weighted by Gasteiger charge is -2.24. The molecule has 4 nitrogen and oxygen atoms in total. The summed E-state index contributed by atoms with van der Waals surface area (Å²) in [7, 11) is 1.32. The van der Waals surface area contributed by atoms with Gasteiger partial charge in [-0.3, -0.25) is 4.79 Å². The van der Waals surface area contributed by atoms with Crippen LogP contribution in [-0.4, -0.2) is 19.0 Å². The molecular formula is C20H18O4. The second-order valence-corrected chi connectivity index (χ2v) is 5.76. The minimum absolute atomic E-state index is 0.290. The van der Waals surface area contributed by atoms with E-state index in [1.54, 1.807) is 12.1 Å². The molecule has 0 bridgehead atoms. The largest absolute Gasteiger partial charge is 0.466 e. The maximum absolute atomic E-state index is 12.7. The summed E-state index contributed by atoms with van der Waals surface area (Å²) in [5.74, 6) is -0.142. The van der Waals surface area contributed by atoms with Crippen LogP contribution >= 0.6 is 0 Å². The van der Waals surface area contributed by atoms with Crippen molar-refractivity contribution in [1.82, 2.24) is 0 Å². The van der Waals surface area contributed by atoms with Crippen molar-refractivity contribution in [2.75, 3.05) is 7.11 Å². The summed E-state index contributed by atoms with van der Waals surface area (Å²) >= 11 is 0. The molecule has 1 heterocycles. The highest BCUT2D eigenvalue weighted by Crippen LogP contribution is 2.44. The number of carbonyl (C=O) groups excluding carboxylic acids is 2. The van der Waals surface area contributed by atoms with Crippen LogP contribution in [-0.2, 0) is 26.2 Å². The number of esters is 2. The number of benzene rings is 2. The first-order valence-corrected chi connectivity index (χ1v) is 7.76. The number of para-hydroxylation sites is 1. The van der Waals surface area contributed by atoms with Crippen LogP contribution in [0.2, 0.25) is 0 Å². The van der Waals surface area contributed by atoms with E-state index in [1.165, 1.54) is 13.2 Å². The molecule has 122 valence electrons. The lowest BCUT2D eigenvalue weighted by Crippen LogP contribution is -2.35. The van der Waals surface area contributed by atoms with Gasteiger partial charge in [-0.2, -0.15) is 0 Å². The van der Waals surface area contributed by atoms with Gasteiger partial charge < -0.3 is 9.47 Å². The molecule has 0 aromatic heterocycles. The van der Waals surface area contributed by atoms with E-state index >= 15 is 0 Å². The maximum Gasteiger partial charge on any atom is 0.330 e. The third-order valence-electron chi connectivity index (χ3n) is 4.27. The zero-order valence-corrected chi connectivity index (χ0v) is 13.4. The molecular weight excluding hydrogens is 304 g/mol. The van der Waals surface area contributed by atoms with Crippen LogP contribution in [0.25, 0.3) is 0 Å². The monoisotopic (exact) mass is 322 g/mol. The van der Waals surface area contributed by atoms with Gasteiger partial charge in [0.15, 0.2) is 0 Å². The fourth-order valence-electron chi connectivity index (χ4n) is 3.06. The van der Waals surface area contributed by atoms with Crippen molar-refractivity contribution in [2.24, 2.45) is 0 Å². The average molecular weight is 322 g/mol. The number of hydrogen-bond acceptors (Lipinski definition) is 4. The third-order valence-corrected chi connectivity index (χ3v) is 4.27. The van der Waals surface area contributed by atoms with Gasteiger partial charge in [0, 0.05) is 11.6 Å². The molecule has 0 saturated heterocycles. The Balaban J connectivity index is 2.00. The van der Waals surface area contributed by atoms with E-state index in [-0.39, 0.29) is 5.97 Å². The van der Waals surface area contributed by atoms with Crippen LogP contribution in [0.4, 0.5) is 0 Å². The van der Waals surface area contributed by atoms with Crippen LogP contribution in [0.3, 0.4) is 0 Å². The Morgan fingerprint density at radius 2 is 1.83 bits per heavy atom. The fourth-order valence-corrected chi connectivity index (χ4v) is 3.06. The van der Waals surface area contributed by atoms with Gasteiger partial charge in [-0.1, -0.05) is 54.6 Å². The average Bonchev–Trinajstić information content (AvgIpc) is 2.88. The highest BCUT2D eigenvalue weighted by Gasteiger charge is 2.48. The molecule has 1 aliphatic heterocycles. The van der Waals surface area contributed by atoms with Crippen molar-refractivity contribution in [3.05, 3.63) is 77.9 Å². The minimum atomic E-state index is -0.831. The SMILES string of the molecule is COC(=O)/C=C/CC1(Cc2ccccc2)C(=O)Oc2ccccc21. The van der Waals surface area contributed by atoms with E-state index in [1.807, 2.05) is 48.5 Å². The zero-order chi connectivity index (χ0) is 17.0. The molecule has 1 aliphatic rings. The summed E-state index contributed by atoms with van der Waals surface area (Å²) in [5, 5.41) is 0. The summed E-state index contributed by atoms with van der Waals surface area (Å²) in [4.78, 5) is 24.1. The Morgan fingerprint density at radius 1 is 1.12 bits per heavy atom. The molecule has 0 aliphatic carbocycles. The second kappa shape index (κ2) is 6.71. The number of fused-ring (bicyclic) bond motifs is 1. The van der Waals surface area contributed by atoms with Crippen molar-refractivity contribution in [3.8, 4) is 5.75 Å². The summed E-state index contributed by atoms with van der Waals surface area (Å²) in [6.45, 7) is 0. The molecule has 24 heavy (non-hydrogen) atoms. The number of ether oxygens (including phenoxy) is 2. The Kier molecular flexibility index (Phi) is 4.47. The minimum Gasteiger partial charge on any atom is -0.466 e. The number of carbonyl (C=O) groups is 2. The first-order chi connectivity index (χ1) is 11.7.